The maximum Gasteiger partial charge on any atom is 0.263 e. The predicted octanol–water partition coefficient (Wildman–Crippen LogP) is 5.19. The Morgan fingerprint density at radius 1 is 1.00 bits per heavy atom. The van der Waals surface area contributed by atoms with Gasteiger partial charge in [0.25, 0.3) is 11.6 Å². The molecule has 38 heavy (non-hydrogen) atoms. The Morgan fingerprint density at radius 3 is 2.55 bits per heavy atom. The number of halogens is 1. The molecular weight excluding hydrogens is 500 g/mol. The summed E-state index contributed by atoms with van der Waals surface area (Å²) >= 11 is 6.11. The Kier molecular flexibility index (Phi) is 6.47. The van der Waals surface area contributed by atoms with E-state index in [0.29, 0.717) is 60.4 Å². The zero-order chi connectivity index (χ0) is 26.1. The Morgan fingerprint density at radius 2 is 1.82 bits per heavy atom. The van der Waals surface area contributed by atoms with Crippen molar-refractivity contribution in [3.05, 3.63) is 101 Å². The zero-order valence-electron chi connectivity index (χ0n) is 20.8. The van der Waals surface area contributed by atoms with Crippen molar-refractivity contribution >= 4 is 34.4 Å². The highest BCUT2D eigenvalue weighted by Crippen LogP contribution is 2.34. The number of aryl methyl sites for hydroxylation is 1. The molecule has 0 unspecified atom stereocenters. The van der Waals surface area contributed by atoms with Crippen molar-refractivity contribution in [2.45, 2.75) is 13.3 Å². The molecule has 2 aromatic carbocycles. The first-order chi connectivity index (χ1) is 18.5. The van der Waals surface area contributed by atoms with Crippen molar-refractivity contribution in [2.75, 3.05) is 31.1 Å². The Bertz CT molecular complexity index is 1600. The molecule has 0 bridgehead atoms. The zero-order valence-corrected chi connectivity index (χ0v) is 21.6. The molecule has 5 aromatic rings. The lowest BCUT2D eigenvalue weighted by atomic mass is 10.1. The minimum absolute atomic E-state index is 0.0268. The number of aromatic nitrogens is 4. The van der Waals surface area contributed by atoms with Gasteiger partial charge in [-0.3, -0.25) is 9.78 Å². The van der Waals surface area contributed by atoms with Gasteiger partial charge in [0, 0.05) is 61.1 Å². The normalized spacial score (nSPS) is 13.7. The summed E-state index contributed by atoms with van der Waals surface area (Å²) in [6.07, 6.45) is 4.04. The summed E-state index contributed by atoms with van der Waals surface area (Å²) in [4.78, 5) is 31.1. The lowest BCUT2D eigenvalue weighted by Crippen LogP contribution is -2.49. The lowest BCUT2D eigenvalue weighted by molar-refractivity contribution is 0.0746. The van der Waals surface area contributed by atoms with E-state index in [1.807, 2.05) is 17.0 Å². The highest BCUT2D eigenvalue weighted by Gasteiger charge is 2.27. The summed E-state index contributed by atoms with van der Waals surface area (Å²) in [5.41, 5.74) is 4.83. The van der Waals surface area contributed by atoms with Crippen LogP contribution in [0.2, 0.25) is 5.02 Å². The Labute approximate surface area is 224 Å². The maximum absolute atomic E-state index is 13.1. The van der Waals surface area contributed by atoms with Gasteiger partial charge < -0.3 is 14.3 Å². The molecule has 0 radical (unpaired) electrons. The summed E-state index contributed by atoms with van der Waals surface area (Å²) in [5, 5.41) is 5.65. The van der Waals surface area contributed by atoms with Gasteiger partial charge in [-0.15, -0.1) is 0 Å². The average molecular weight is 525 g/mol. The van der Waals surface area contributed by atoms with Gasteiger partial charge in [-0.05, 0) is 42.8 Å². The molecule has 1 fully saturated rings. The Balaban J connectivity index is 1.33. The number of benzene rings is 2. The quantitative estimate of drug-likeness (QED) is 0.312. The van der Waals surface area contributed by atoms with E-state index in [1.54, 1.807) is 36.7 Å². The molecule has 0 spiro atoms. The van der Waals surface area contributed by atoms with E-state index in [4.69, 9.17) is 26.1 Å². The van der Waals surface area contributed by atoms with E-state index >= 15 is 0 Å². The van der Waals surface area contributed by atoms with Gasteiger partial charge in [-0.1, -0.05) is 52.7 Å². The van der Waals surface area contributed by atoms with Crippen LogP contribution >= 0.6 is 11.6 Å². The number of hydrogen-bond donors (Lipinski definition) is 0. The second-order valence-electron chi connectivity index (χ2n) is 9.37. The number of carbonyl (C=O) groups excluding carboxylic acids is 1. The van der Waals surface area contributed by atoms with Gasteiger partial charge in [-0.25, -0.2) is 4.98 Å². The van der Waals surface area contributed by atoms with E-state index in [2.05, 4.69) is 46.2 Å². The number of anilines is 1. The number of hydrogen-bond acceptors (Lipinski definition) is 7. The van der Waals surface area contributed by atoms with Crippen LogP contribution in [0.1, 0.15) is 27.3 Å². The van der Waals surface area contributed by atoms with E-state index in [0.717, 1.165) is 22.3 Å². The summed E-state index contributed by atoms with van der Waals surface area (Å²) in [7, 11) is 0. The van der Waals surface area contributed by atoms with Gasteiger partial charge in [0.2, 0.25) is 0 Å². The maximum atomic E-state index is 13.1. The third kappa shape index (κ3) is 4.82. The van der Waals surface area contributed by atoms with Crippen molar-refractivity contribution in [3.8, 4) is 11.3 Å². The van der Waals surface area contributed by atoms with E-state index in [9.17, 15) is 4.79 Å². The van der Waals surface area contributed by atoms with Crippen LogP contribution in [0, 0.1) is 6.92 Å². The molecule has 1 amide bonds. The topological polar surface area (TPSA) is 88.3 Å². The molecular formula is C29H25ClN6O2. The number of fused-ring (bicyclic) bond motifs is 1. The standard InChI is InChI=1S/C29H25ClN6O2/c1-19-7-9-20(10-8-19)16-24-32-27(25-26(34-38-28(25)33-24)22-5-3-11-31-18-22)35-12-14-36(15-13-35)29(37)21-4-2-6-23(30)17-21/h2-11,17-18H,12-16H2,1H3. The molecule has 9 heteroatoms. The van der Waals surface area contributed by atoms with Gasteiger partial charge in [-0.2, -0.15) is 4.98 Å². The van der Waals surface area contributed by atoms with Crippen LogP contribution < -0.4 is 4.90 Å². The summed E-state index contributed by atoms with van der Waals surface area (Å²) in [6.45, 7) is 4.39. The molecule has 0 saturated carbocycles. The largest absolute Gasteiger partial charge is 0.352 e. The molecule has 1 saturated heterocycles. The first-order valence-corrected chi connectivity index (χ1v) is 12.8. The van der Waals surface area contributed by atoms with Crippen molar-refractivity contribution < 1.29 is 9.32 Å². The van der Waals surface area contributed by atoms with Crippen molar-refractivity contribution in [2.24, 2.45) is 0 Å². The van der Waals surface area contributed by atoms with Crippen LogP contribution in [-0.4, -0.2) is 57.1 Å². The van der Waals surface area contributed by atoms with Crippen molar-refractivity contribution in [1.82, 2.24) is 25.0 Å². The van der Waals surface area contributed by atoms with Crippen LogP contribution in [0.15, 0.2) is 77.6 Å². The molecule has 0 aliphatic carbocycles. The molecule has 8 nitrogen and oxygen atoms in total. The van der Waals surface area contributed by atoms with Crippen LogP contribution in [0.5, 0.6) is 0 Å². The van der Waals surface area contributed by atoms with Gasteiger partial charge in [0.15, 0.2) is 0 Å². The fourth-order valence-corrected chi connectivity index (χ4v) is 4.89. The smallest absolute Gasteiger partial charge is 0.263 e. The number of pyridine rings is 1. The number of piperazine rings is 1. The van der Waals surface area contributed by atoms with E-state index in [1.165, 1.54) is 5.56 Å². The van der Waals surface area contributed by atoms with Crippen LogP contribution in [0.25, 0.3) is 22.4 Å². The SMILES string of the molecule is Cc1ccc(Cc2nc(N3CCN(C(=O)c4cccc(Cl)c4)CC3)c3c(-c4cccnc4)noc3n2)cc1. The summed E-state index contributed by atoms with van der Waals surface area (Å²) in [5.74, 6) is 1.39. The first-order valence-electron chi connectivity index (χ1n) is 12.5. The minimum Gasteiger partial charge on any atom is -0.352 e. The summed E-state index contributed by atoms with van der Waals surface area (Å²) < 4.78 is 5.73. The third-order valence-corrected chi connectivity index (χ3v) is 6.95. The average Bonchev–Trinajstić information content (AvgIpc) is 3.38. The highest BCUT2D eigenvalue weighted by molar-refractivity contribution is 6.31. The molecule has 4 heterocycles. The number of nitrogens with zero attached hydrogens (tertiary/aromatic N) is 6. The predicted molar refractivity (Wildman–Crippen MR) is 146 cm³/mol. The second-order valence-corrected chi connectivity index (χ2v) is 9.80. The minimum atomic E-state index is -0.0268. The molecule has 190 valence electrons. The fraction of sp³-hybridized carbons (Fsp3) is 0.207. The third-order valence-electron chi connectivity index (χ3n) is 6.72. The van der Waals surface area contributed by atoms with Gasteiger partial charge in [0.1, 0.15) is 22.7 Å². The second kappa shape index (κ2) is 10.2. The number of rotatable bonds is 5. The van der Waals surface area contributed by atoms with Gasteiger partial charge in [0.05, 0.1) is 0 Å². The van der Waals surface area contributed by atoms with Crippen LogP contribution in [0.4, 0.5) is 5.82 Å². The van der Waals surface area contributed by atoms with Crippen LogP contribution in [0.3, 0.4) is 0 Å². The van der Waals surface area contributed by atoms with E-state index < -0.39 is 0 Å². The molecule has 0 N–H and O–H groups in total. The number of amides is 1. The molecule has 6 rings (SSSR count). The molecule has 3 aromatic heterocycles. The lowest BCUT2D eigenvalue weighted by Gasteiger charge is -2.35. The van der Waals surface area contributed by atoms with Crippen molar-refractivity contribution in [1.29, 1.82) is 0 Å². The molecule has 1 aliphatic rings. The number of carbonyl (C=O) groups is 1. The van der Waals surface area contributed by atoms with Crippen LogP contribution in [-0.2, 0) is 6.42 Å². The Hall–Kier alpha value is -4.30. The molecule has 0 atom stereocenters. The molecule has 1 aliphatic heterocycles. The summed E-state index contributed by atoms with van der Waals surface area (Å²) in [6, 6.07) is 19.2. The van der Waals surface area contributed by atoms with E-state index in [-0.39, 0.29) is 5.91 Å². The fourth-order valence-electron chi connectivity index (χ4n) is 4.70. The highest BCUT2D eigenvalue weighted by atomic mass is 35.5. The van der Waals surface area contributed by atoms with Gasteiger partial charge >= 0.3 is 0 Å². The first kappa shape index (κ1) is 24.1. The monoisotopic (exact) mass is 524 g/mol. The van der Waals surface area contributed by atoms with Crippen molar-refractivity contribution in [3.63, 3.8) is 0 Å².